The molecule has 0 saturated carbocycles. The number of hydrogen-bond acceptors (Lipinski definition) is 2. The summed E-state index contributed by atoms with van der Waals surface area (Å²) in [6.45, 7) is 9.80. The topological polar surface area (TPSA) is 25.8 Å². The van der Waals surface area contributed by atoms with Gasteiger partial charge in [-0.1, -0.05) is 39.8 Å². The SMILES string of the molecule is C[C@@H]1CC[C@@H](C)P1c1nc2ccccc2nc1P1[C@H](C)CC[C@H]1C. The van der Waals surface area contributed by atoms with Gasteiger partial charge in [0.25, 0.3) is 0 Å². The summed E-state index contributed by atoms with van der Waals surface area (Å²) < 4.78 is 0. The summed E-state index contributed by atoms with van der Waals surface area (Å²) in [6, 6.07) is 8.49. The molecule has 0 bridgehead atoms. The van der Waals surface area contributed by atoms with Gasteiger partial charge in [-0.3, -0.25) is 0 Å². The van der Waals surface area contributed by atoms with Crippen molar-refractivity contribution in [1.29, 1.82) is 0 Å². The molecule has 2 aromatic rings. The van der Waals surface area contributed by atoms with E-state index < -0.39 is 0 Å². The van der Waals surface area contributed by atoms with Gasteiger partial charge in [-0.05, 0) is 76.3 Å². The van der Waals surface area contributed by atoms with E-state index in [9.17, 15) is 0 Å². The van der Waals surface area contributed by atoms with Crippen molar-refractivity contribution in [1.82, 2.24) is 9.97 Å². The standard InChI is InChI=1S/C20H28N2P2/c1-13-9-10-14(2)23(13)19-20(24-15(3)11-12-16(24)4)22-18-8-6-5-7-17(18)21-19/h5-8,13-16H,9-12H2,1-4H3/t13-,14-,15-,16-/m1/s1. The molecule has 2 aliphatic rings. The molecule has 3 heterocycles. The average Bonchev–Trinajstić information content (AvgIpc) is 3.08. The van der Waals surface area contributed by atoms with Crippen LogP contribution in [0.4, 0.5) is 0 Å². The first-order valence-electron chi connectivity index (χ1n) is 9.39. The molecule has 0 spiro atoms. The second-order valence-electron chi connectivity index (χ2n) is 7.72. The monoisotopic (exact) mass is 358 g/mol. The maximum absolute atomic E-state index is 5.25. The Kier molecular flexibility index (Phi) is 4.65. The van der Waals surface area contributed by atoms with Crippen LogP contribution in [0, 0.1) is 0 Å². The summed E-state index contributed by atoms with van der Waals surface area (Å²) in [6.07, 6.45) is 5.46. The van der Waals surface area contributed by atoms with E-state index in [2.05, 4.69) is 52.0 Å². The van der Waals surface area contributed by atoms with Gasteiger partial charge in [0.15, 0.2) is 0 Å². The van der Waals surface area contributed by atoms with Crippen LogP contribution in [0.5, 0.6) is 0 Å². The molecule has 0 N–H and O–H groups in total. The summed E-state index contributed by atoms with van der Waals surface area (Å²) in [5, 5.41) is 0. The molecule has 0 unspecified atom stereocenters. The Morgan fingerprint density at radius 2 is 1.00 bits per heavy atom. The van der Waals surface area contributed by atoms with Crippen molar-refractivity contribution in [2.24, 2.45) is 0 Å². The number of para-hydroxylation sites is 2. The molecule has 1 aromatic heterocycles. The van der Waals surface area contributed by atoms with Gasteiger partial charge in [0, 0.05) is 0 Å². The fraction of sp³-hybridized carbons (Fsp3) is 0.600. The normalized spacial score (nSPS) is 32.0. The van der Waals surface area contributed by atoms with Crippen molar-refractivity contribution >= 4 is 37.7 Å². The highest BCUT2D eigenvalue weighted by Gasteiger charge is 2.39. The second kappa shape index (κ2) is 6.62. The van der Waals surface area contributed by atoms with Gasteiger partial charge in [0.1, 0.15) is 0 Å². The quantitative estimate of drug-likeness (QED) is 0.707. The molecule has 4 heteroatoms. The fourth-order valence-corrected chi connectivity index (χ4v) is 11.4. The van der Waals surface area contributed by atoms with Gasteiger partial charge in [-0.15, -0.1) is 0 Å². The van der Waals surface area contributed by atoms with Crippen molar-refractivity contribution in [3.05, 3.63) is 24.3 Å². The first-order valence-corrected chi connectivity index (χ1v) is 12.4. The van der Waals surface area contributed by atoms with Crippen LogP contribution in [0.1, 0.15) is 53.4 Å². The summed E-state index contributed by atoms with van der Waals surface area (Å²) >= 11 is 0. The molecule has 2 saturated heterocycles. The highest BCUT2D eigenvalue weighted by atomic mass is 31.1. The zero-order valence-electron chi connectivity index (χ0n) is 15.2. The number of hydrogen-bond donors (Lipinski definition) is 0. The molecule has 4 atom stereocenters. The molecule has 2 nitrogen and oxygen atoms in total. The van der Waals surface area contributed by atoms with Crippen molar-refractivity contribution in [2.75, 3.05) is 0 Å². The first kappa shape index (κ1) is 16.9. The molecule has 2 aliphatic heterocycles. The second-order valence-corrected chi connectivity index (χ2v) is 13.7. The largest absolute Gasteiger partial charge is 0.244 e. The minimum atomic E-state index is -0.168. The smallest absolute Gasteiger partial charge is 0.0902 e. The fourth-order valence-electron chi connectivity index (χ4n) is 4.55. The van der Waals surface area contributed by atoms with Crippen LogP contribution in [-0.2, 0) is 0 Å². The molecule has 0 radical (unpaired) electrons. The van der Waals surface area contributed by atoms with Gasteiger partial charge in [0.05, 0.1) is 21.9 Å². The Morgan fingerprint density at radius 3 is 1.33 bits per heavy atom. The predicted molar refractivity (Wildman–Crippen MR) is 109 cm³/mol. The lowest BCUT2D eigenvalue weighted by Crippen LogP contribution is -2.34. The summed E-state index contributed by atoms with van der Waals surface area (Å²) in [5.41, 5.74) is 8.24. The summed E-state index contributed by atoms with van der Waals surface area (Å²) in [7, 11) is -0.337. The Labute approximate surface area is 148 Å². The van der Waals surface area contributed by atoms with Crippen LogP contribution in [0.15, 0.2) is 24.3 Å². The van der Waals surface area contributed by atoms with Gasteiger partial charge in [-0.2, -0.15) is 0 Å². The highest BCUT2D eigenvalue weighted by molar-refractivity contribution is 7.73. The minimum Gasteiger partial charge on any atom is -0.244 e. The van der Waals surface area contributed by atoms with Gasteiger partial charge in [-0.25, -0.2) is 9.97 Å². The average molecular weight is 358 g/mol. The highest BCUT2D eigenvalue weighted by Crippen LogP contribution is 2.58. The molecule has 24 heavy (non-hydrogen) atoms. The number of benzene rings is 1. The van der Waals surface area contributed by atoms with E-state index in [0.717, 1.165) is 33.7 Å². The van der Waals surface area contributed by atoms with E-state index in [4.69, 9.17) is 9.97 Å². The molecule has 0 amide bonds. The number of aromatic nitrogens is 2. The lowest BCUT2D eigenvalue weighted by Gasteiger charge is -2.28. The van der Waals surface area contributed by atoms with Crippen molar-refractivity contribution in [3.63, 3.8) is 0 Å². The first-order chi connectivity index (χ1) is 11.6. The summed E-state index contributed by atoms with van der Waals surface area (Å²) in [5.74, 6) is 0. The third kappa shape index (κ3) is 2.81. The van der Waals surface area contributed by atoms with Gasteiger partial charge >= 0.3 is 0 Å². The number of rotatable bonds is 2. The van der Waals surface area contributed by atoms with E-state index in [1.807, 2.05) is 0 Å². The van der Waals surface area contributed by atoms with Crippen LogP contribution < -0.4 is 10.9 Å². The van der Waals surface area contributed by atoms with Gasteiger partial charge in [0.2, 0.25) is 0 Å². The Bertz CT molecular complexity index is 665. The van der Waals surface area contributed by atoms with E-state index in [1.165, 1.54) is 36.6 Å². The van der Waals surface area contributed by atoms with Crippen molar-refractivity contribution in [3.8, 4) is 0 Å². The lowest BCUT2D eigenvalue weighted by atomic mass is 10.2. The maximum atomic E-state index is 5.25. The van der Waals surface area contributed by atoms with E-state index in [0.29, 0.717) is 0 Å². The van der Waals surface area contributed by atoms with E-state index in [-0.39, 0.29) is 15.8 Å². The minimum absolute atomic E-state index is 0.168. The molecule has 4 rings (SSSR count). The third-order valence-electron chi connectivity index (χ3n) is 5.93. The number of nitrogens with zero attached hydrogens (tertiary/aromatic N) is 2. The lowest BCUT2D eigenvalue weighted by molar-refractivity contribution is 0.777. The molecule has 0 aliphatic carbocycles. The van der Waals surface area contributed by atoms with Crippen molar-refractivity contribution < 1.29 is 0 Å². The van der Waals surface area contributed by atoms with Crippen LogP contribution in [0.3, 0.4) is 0 Å². The molecular weight excluding hydrogens is 330 g/mol. The maximum Gasteiger partial charge on any atom is 0.0902 e. The Balaban J connectivity index is 1.91. The van der Waals surface area contributed by atoms with Crippen LogP contribution in [0.25, 0.3) is 11.0 Å². The Hall–Kier alpha value is -0.580. The van der Waals surface area contributed by atoms with E-state index in [1.54, 1.807) is 0 Å². The summed E-state index contributed by atoms with van der Waals surface area (Å²) in [4.78, 5) is 10.5. The van der Waals surface area contributed by atoms with Crippen molar-refractivity contribution in [2.45, 2.75) is 76.0 Å². The van der Waals surface area contributed by atoms with Crippen LogP contribution in [-0.4, -0.2) is 32.6 Å². The number of fused-ring (bicyclic) bond motifs is 1. The zero-order valence-corrected chi connectivity index (χ0v) is 17.0. The van der Waals surface area contributed by atoms with Crippen LogP contribution >= 0.6 is 15.8 Å². The zero-order chi connectivity index (χ0) is 16.8. The van der Waals surface area contributed by atoms with E-state index >= 15 is 0 Å². The molecular formula is C20H28N2P2. The van der Waals surface area contributed by atoms with Crippen LogP contribution in [0.2, 0.25) is 0 Å². The van der Waals surface area contributed by atoms with Gasteiger partial charge < -0.3 is 0 Å². The third-order valence-corrected chi connectivity index (χ3v) is 12.5. The molecule has 1 aromatic carbocycles. The predicted octanol–water partition coefficient (Wildman–Crippen LogP) is 4.99. The molecule has 2 fully saturated rings. The Morgan fingerprint density at radius 1 is 0.667 bits per heavy atom. The molecule has 128 valence electrons.